The smallest absolute Gasteiger partial charge is 0.185 e. The molecule has 0 spiro atoms. The summed E-state index contributed by atoms with van der Waals surface area (Å²) in [5.41, 5.74) is 1.42. The van der Waals surface area contributed by atoms with Gasteiger partial charge in [-0.3, -0.25) is 0 Å². The van der Waals surface area contributed by atoms with Gasteiger partial charge in [-0.15, -0.1) is 0 Å². The molecule has 206 valence electrons. The first kappa shape index (κ1) is 27.1. The molecule has 1 unspecified atom stereocenters. The molecular formula is C27H37FN4O4SSi. The fourth-order valence-corrected chi connectivity index (χ4v) is 7.44. The maximum atomic E-state index is 15.7. The Labute approximate surface area is 225 Å². The van der Waals surface area contributed by atoms with Gasteiger partial charge in [0.15, 0.2) is 35.5 Å². The molecule has 5 rings (SSSR count). The lowest BCUT2D eigenvalue weighted by atomic mass is 10.0. The monoisotopic (exact) mass is 560 g/mol. The summed E-state index contributed by atoms with van der Waals surface area (Å²) < 4.78 is 54.2. The molecule has 1 atom stereocenters. The van der Waals surface area contributed by atoms with E-state index in [2.05, 4.69) is 43.0 Å². The van der Waals surface area contributed by atoms with Crippen LogP contribution in [0, 0.1) is 5.82 Å². The Hall–Kier alpha value is -2.50. The molecule has 1 saturated heterocycles. The number of morpholine rings is 1. The van der Waals surface area contributed by atoms with Gasteiger partial charge in [-0.25, -0.2) is 22.8 Å². The van der Waals surface area contributed by atoms with E-state index in [1.807, 2.05) is 18.3 Å². The van der Waals surface area contributed by atoms with Crippen LogP contribution in [0.25, 0.3) is 22.3 Å². The summed E-state index contributed by atoms with van der Waals surface area (Å²) in [6.45, 7) is 16.4. The molecule has 3 aromatic rings. The molecule has 0 N–H and O–H groups in total. The molecule has 0 radical (unpaired) electrons. The van der Waals surface area contributed by atoms with Gasteiger partial charge in [0.1, 0.15) is 22.9 Å². The highest BCUT2D eigenvalue weighted by atomic mass is 32.2. The van der Waals surface area contributed by atoms with Gasteiger partial charge >= 0.3 is 0 Å². The highest BCUT2D eigenvalue weighted by molar-refractivity contribution is 7.91. The fraction of sp³-hybridized carbons (Fsp3) is 0.556. The zero-order chi connectivity index (χ0) is 27.8. The van der Waals surface area contributed by atoms with Crippen LogP contribution in [-0.4, -0.2) is 69.5 Å². The summed E-state index contributed by atoms with van der Waals surface area (Å²) in [6.07, 6.45) is 3.22. The van der Waals surface area contributed by atoms with E-state index in [-0.39, 0.29) is 28.2 Å². The van der Waals surface area contributed by atoms with Crippen molar-refractivity contribution in [1.29, 1.82) is 0 Å². The molecule has 1 aromatic carbocycles. The van der Waals surface area contributed by atoms with Gasteiger partial charge < -0.3 is 18.6 Å². The van der Waals surface area contributed by atoms with E-state index in [9.17, 15) is 8.42 Å². The first-order valence-electron chi connectivity index (χ1n) is 13.0. The van der Waals surface area contributed by atoms with Crippen LogP contribution in [0.3, 0.4) is 0 Å². The third-order valence-corrected chi connectivity index (χ3v) is 16.1. The minimum atomic E-state index is -3.61. The number of halogens is 1. The number of fused-ring (bicyclic) bond motifs is 4. The zero-order valence-electron chi connectivity index (χ0n) is 23.4. The van der Waals surface area contributed by atoms with E-state index in [4.69, 9.17) is 19.4 Å². The van der Waals surface area contributed by atoms with E-state index >= 15 is 4.39 Å². The largest absolute Gasteiger partial charge is 0.486 e. The van der Waals surface area contributed by atoms with Gasteiger partial charge in [-0.05, 0) is 43.3 Å². The van der Waals surface area contributed by atoms with Crippen molar-refractivity contribution in [2.24, 2.45) is 0 Å². The van der Waals surface area contributed by atoms with Gasteiger partial charge in [-0.2, -0.15) is 0 Å². The second kappa shape index (κ2) is 8.75. The predicted molar refractivity (Wildman–Crippen MR) is 151 cm³/mol. The van der Waals surface area contributed by atoms with E-state index < -0.39 is 28.6 Å². The number of hydrogen-bond donors (Lipinski definition) is 0. The Morgan fingerprint density at radius 2 is 1.79 bits per heavy atom. The van der Waals surface area contributed by atoms with Crippen molar-refractivity contribution in [2.75, 3.05) is 37.5 Å². The summed E-state index contributed by atoms with van der Waals surface area (Å²) in [6, 6.07) is 5.13. The Balaban J connectivity index is 1.80. The van der Waals surface area contributed by atoms with Gasteiger partial charge in [0.25, 0.3) is 0 Å². The molecule has 0 aliphatic carbocycles. The van der Waals surface area contributed by atoms with Crippen molar-refractivity contribution in [3.63, 3.8) is 0 Å². The van der Waals surface area contributed by atoms with Crippen LogP contribution in [0.15, 0.2) is 24.4 Å². The van der Waals surface area contributed by atoms with E-state index in [0.29, 0.717) is 43.3 Å². The third kappa shape index (κ3) is 4.05. The van der Waals surface area contributed by atoms with Gasteiger partial charge in [-0.1, -0.05) is 33.9 Å². The van der Waals surface area contributed by atoms with E-state index in [1.54, 1.807) is 13.8 Å². The van der Waals surface area contributed by atoms with Gasteiger partial charge in [0.2, 0.25) is 0 Å². The van der Waals surface area contributed by atoms with Crippen molar-refractivity contribution in [3.8, 4) is 17.1 Å². The van der Waals surface area contributed by atoms with Crippen LogP contribution in [0.4, 0.5) is 10.2 Å². The summed E-state index contributed by atoms with van der Waals surface area (Å²) in [7, 11) is -5.62. The predicted octanol–water partition coefficient (Wildman–Crippen LogP) is 4.97. The summed E-state index contributed by atoms with van der Waals surface area (Å²) in [5.74, 6) is 0.529. The SMILES string of the molecule is CC(C)(C)[Si](C)(C)n1ccc2c(-c3nc4c(c(C(C)(C)S(C)(=O)=O)n3)OCC3COCCN43)c(F)ccc21. The van der Waals surface area contributed by atoms with Crippen LogP contribution in [0.5, 0.6) is 5.75 Å². The quantitative estimate of drug-likeness (QED) is 0.417. The second-order valence-electron chi connectivity index (χ2n) is 12.4. The molecule has 2 aliphatic rings. The molecule has 2 aliphatic heterocycles. The first-order chi connectivity index (χ1) is 17.6. The fourth-order valence-electron chi connectivity index (χ4n) is 4.98. The Bertz CT molecular complexity index is 1530. The molecule has 38 heavy (non-hydrogen) atoms. The molecule has 0 bridgehead atoms. The Kier molecular flexibility index (Phi) is 6.24. The van der Waals surface area contributed by atoms with Gasteiger partial charge in [0, 0.05) is 23.7 Å². The number of nitrogens with zero attached hydrogens (tertiary/aromatic N) is 4. The van der Waals surface area contributed by atoms with Crippen LogP contribution < -0.4 is 9.64 Å². The van der Waals surface area contributed by atoms with Crippen LogP contribution in [-0.2, 0) is 19.3 Å². The highest BCUT2D eigenvalue weighted by Crippen LogP contribution is 2.45. The maximum Gasteiger partial charge on any atom is 0.185 e. The van der Waals surface area contributed by atoms with E-state index in [1.165, 1.54) is 12.3 Å². The topological polar surface area (TPSA) is 86.5 Å². The van der Waals surface area contributed by atoms with Crippen LogP contribution in [0.1, 0.15) is 40.3 Å². The van der Waals surface area contributed by atoms with E-state index in [0.717, 1.165) is 5.52 Å². The number of ether oxygens (including phenoxy) is 2. The summed E-state index contributed by atoms with van der Waals surface area (Å²) in [4.78, 5) is 11.7. The average Bonchev–Trinajstić information content (AvgIpc) is 3.26. The number of hydrogen-bond acceptors (Lipinski definition) is 7. The molecule has 4 heterocycles. The molecule has 8 nitrogen and oxygen atoms in total. The summed E-state index contributed by atoms with van der Waals surface area (Å²) >= 11 is 0. The lowest BCUT2D eigenvalue weighted by molar-refractivity contribution is 0.0691. The van der Waals surface area contributed by atoms with Gasteiger partial charge in [0.05, 0.1) is 24.8 Å². The lowest BCUT2D eigenvalue weighted by Gasteiger charge is -2.41. The molecular weight excluding hydrogens is 523 g/mol. The van der Waals surface area contributed by atoms with Crippen LogP contribution >= 0.6 is 0 Å². The third-order valence-electron chi connectivity index (χ3n) is 8.75. The maximum absolute atomic E-state index is 15.7. The lowest BCUT2D eigenvalue weighted by Crippen LogP contribution is -2.52. The zero-order valence-corrected chi connectivity index (χ0v) is 25.2. The summed E-state index contributed by atoms with van der Waals surface area (Å²) in [5, 5.41) is 0.763. The number of anilines is 1. The molecule has 2 aromatic heterocycles. The van der Waals surface area contributed by atoms with Crippen molar-refractivity contribution in [3.05, 3.63) is 35.9 Å². The minimum absolute atomic E-state index is 0.0607. The molecule has 1 fully saturated rings. The molecule has 11 heteroatoms. The average molecular weight is 561 g/mol. The highest BCUT2D eigenvalue weighted by Gasteiger charge is 2.43. The van der Waals surface area contributed by atoms with Crippen molar-refractivity contribution < 1.29 is 22.3 Å². The number of benzene rings is 1. The molecule has 0 saturated carbocycles. The standard InChI is InChI=1S/C27H37FN4O4SSi/c1-26(2,3)38(7,8)32-12-11-18-20(32)10-9-19(28)21(18)24-29-23(27(4,5)37(6,33)34)22-25(30-24)31-13-14-35-15-17(31)16-36-22/h9-12,17H,13-16H2,1-8H3. The van der Waals surface area contributed by atoms with Crippen molar-refractivity contribution >= 4 is 34.8 Å². The molecule has 0 amide bonds. The number of aromatic nitrogens is 3. The number of sulfone groups is 1. The van der Waals surface area contributed by atoms with Crippen molar-refractivity contribution in [1.82, 2.24) is 14.2 Å². The minimum Gasteiger partial charge on any atom is -0.486 e. The normalized spacial score (nSPS) is 18.8. The number of rotatable bonds is 4. The van der Waals surface area contributed by atoms with Crippen LogP contribution in [0.2, 0.25) is 18.1 Å². The Morgan fingerprint density at radius 1 is 1.08 bits per heavy atom. The second-order valence-corrected chi connectivity index (χ2v) is 20.1. The van der Waals surface area contributed by atoms with Crippen molar-refractivity contribution in [2.45, 2.75) is 63.5 Å². The first-order valence-corrected chi connectivity index (χ1v) is 17.8. The Morgan fingerprint density at radius 3 is 2.45 bits per heavy atom.